The van der Waals surface area contributed by atoms with E-state index in [1.807, 2.05) is 0 Å². The first-order chi connectivity index (χ1) is 8.08. The molecule has 6 heteroatoms. The molecule has 1 amide bonds. The van der Waals surface area contributed by atoms with Gasteiger partial charge in [-0.25, -0.2) is 0 Å². The Balaban J connectivity index is 2.10. The maximum absolute atomic E-state index is 11.3. The van der Waals surface area contributed by atoms with Gasteiger partial charge in [-0.2, -0.15) is 5.10 Å². The van der Waals surface area contributed by atoms with Crippen LogP contribution in [0.25, 0.3) is 0 Å². The minimum atomic E-state index is -0.824. The number of amides is 1. The summed E-state index contributed by atoms with van der Waals surface area (Å²) < 4.78 is 1.74. The van der Waals surface area contributed by atoms with Crippen LogP contribution in [-0.2, 0) is 29.1 Å². The van der Waals surface area contributed by atoms with Crippen molar-refractivity contribution < 1.29 is 14.7 Å². The van der Waals surface area contributed by atoms with E-state index in [9.17, 15) is 9.59 Å². The number of carboxylic acids is 1. The zero-order chi connectivity index (χ0) is 12.4. The molecule has 1 aromatic heterocycles. The fraction of sp³-hybridized carbons (Fsp3) is 0.545. The number of aromatic nitrogens is 2. The summed E-state index contributed by atoms with van der Waals surface area (Å²) >= 11 is 0. The Morgan fingerprint density at radius 2 is 2.29 bits per heavy atom. The van der Waals surface area contributed by atoms with Gasteiger partial charge in [-0.3, -0.25) is 14.3 Å². The Kier molecular flexibility index (Phi) is 3.12. The first-order valence-corrected chi connectivity index (χ1v) is 5.59. The molecular weight excluding hydrogens is 222 g/mol. The van der Waals surface area contributed by atoms with Crippen molar-refractivity contribution in [3.05, 3.63) is 17.5 Å². The van der Waals surface area contributed by atoms with Gasteiger partial charge < -0.3 is 10.0 Å². The molecule has 0 spiro atoms. The third kappa shape index (κ3) is 2.46. The minimum Gasteiger partial charge on any atom is -0.481 e. The minimum absolute atomic E-state index is 0.0638. The van der Waals surface area contributed by atoms with Crippen molar-refractivity contribution >= 4 is 11.9 Å². The standard InChI is InChI=1S/C11H15N3O3/c1-8(15)13-4-2-10-9(7-13)6-12-14(10)5-3-11(16)17/h6H,2-5,7H2,1H3,(H,16,17). The van der Waals surface area contributed by atoms with Crippen molar-refractivity contribution in [2.75, 3.05) is 6.54 Å². The van der Waals surface area contributed by atoms with Crippen LogP contribution in [0.3, 0.4) is 0 Å². The average Bonchev–Trinajstić information content (AvgIpc) is 2.68. The highest BCUT2D eigenvalue weighted by Crippen LogP contribution is 2.18. The van der Waals surface area contributed by atoms with Gasteiger partial charge in [0, 0.05) is 37.7 Å². The van der Waals surface area contributed by atoms with Crippen molar-refractivity contribution in [1.29, 1.82) is 0 Å². The molecule has 0 unspecified atom stereocenters. The molecular formula is C11H15N3O3. The van der Waals surface area contributed by atoms with Gasteiger partial charge in [0.05, 0.1) is 19.2 Å². The molecule has 1 aromatic rings. The lowest BCUT2D eigenvalue weighted by molar-refractivity contribution is -0.137. The van der Waals surface area contributed by atoms with Crippen LogP contribution in [-0.4, -0.2) is 38.2 Å². The summed E-state index contributed by atoms with van der Waals surface area (Å²) in [5.74, 6) is -0.760. The number of carbonyl (C=O) groups excluding carboxylic acids is 1. The number of nitrogens with zero attached hydrogens (tertiary/aromatic N) is 3. The molecule has 2 heterocycles. The maximum atomic E-state index is 11.3. The second-order valence-corrected chi connectivity index (χ2v) is 4.17. The molecule has 0 aromatic carbocycles. The molecule has 0 saturated heterocycles. The van der Waals surface area contributed by atoms with Crippen molar-refractivity contribution in [2.45, 2.75) is 32.9 Å². The van der Waals surface area contributed by atoms with Crippen LogP contribution in [0.4, 0.5) is 0 Å². The highest BCUT2D eigenvalue weighted by atomic mass is 16.4. The lowest BCUT2D eigenvalue weighted by Crippen LogP contribution is -2.34. The number of hydrogen-bond acceptors (Lipinski definition) is 3. The molecule has 6 nitrogen and oxygen atoms in total. The molecule has 0 saturated carbocycles. The van der Waals surface area contributed by atoms with Crippen molar-refractivity contribution in [1.82, 2.24) is 14.7 Å². The quantitative estimate of drug-likeness (QED) is 0.818. The van der Waals surface area contributed by atoms with E-state index in [-0.39, 0.29) is 12.3 Å². The van der Waals surface area contributed by atoms with Gasteiger partial charge in [-0.15, -0.1) is 0 Å². The number of carbonyl (C=O) groups is 2. The molecule has 1 aliphatic heterocycles. The molecule has 0 bridgehead atoms. The van der Waals surface area contributed by atoms with Crippen LogP contribution in [0.15, 0.2) is 6.20 Å². The fourth-order valence-corrected chi connectivity index (χ4v) is 2.06. The summed E-state index contributed by atoms with van der Waals surface area (Å²) in [6.07, 6.45) is 2.55. The van der Waals surface area contributed by atoms with E-state index in [0.29, 0.717) is 19.6 Å². The normalized spacial score (nSPS) is 14.5. The SMILES string of the molecule is CC(=O)N1CCc2c(cnn2CCC(=O)O)C1. The molecule has 0 aliphatic carbocycles. The Morgan fingerprint density at radius 3 is 2.94 bits per heavy atom. The highest BCUT2D eigenvalue weighted by molar-refractivity contribution is 5.73. The number of rotatable bonds is 3. The molecule has 2 rings (SSSR count). The summed E-state index contributed by atoms with van der Waals surface area (Å²) in [6, 6.07) is 0. The second-order valence-electron chi connectivity index (χ2n) is 4.17. The maximum Gasteiger partial charge on any atom is 0.305 e. The van der Waals surface area contributed by atoms with Gasteiger partial charge in [0.1, 0.15) is 0 Å². The van der Waals surface area contributed by atoms with E-state index in [1.54, 1.807) is 22.7 Å². The lowest BCUT2D eigenvalue weighted by atomic mass is 10.1. The molecule has 1 N–H and O–H groups in total. The van der Waals surface area contributed by atoms with Crippen molar-refractivity contribution in [3.8, 4) is 0 Å². The molecule has 0 fully saturated rings. The zero-order valence-electron chi connectivity index (χ0n) is 9.72. The van der Waals surface area contributed by atoms with E-state index >= 15 is 0 Å². The average molecular weight is 237 g/mol. The zero-order valence-corrected chi connectivity index (χ0v) is 9.72. The summed E-state index contributed by atoms with van der Waals surface area (Å²) in [4.78, 5) is 23.5. The van der Waals surface area contributed by atoms with Crippen molar-refractivity contribution in [2.24, 2.45) is 0 Å². The number of aliphatic carboxylic acids is 1. The summed E-state index contributed by atoms with van der Waals surface area (Å²) in [6.45, 7) is 3.21. The van der Waals surface area contributed by atoms with Gasteiger partial charge >= 0.3 is 5.97 Å². The second kappa shape index (κ2) is 4.57. The summed E-state index contributed by atoms with van der Waals surface area (Å²) in [5, 5.41) is 12.8. The number of fused-ring (bicyclic) bond motifs is 1. The molecule has 0 atom stereocenters. The van der Waals surface area contributed by atoms with E-state index in [0.717, 1.165) is 17.7 Å². The molecule has 92 valence electrons. The fourth-order valence-electron chi connectivity index (χ4n) is 2.06. The Labute approximate surface area is 98.8 Å². The van der Waals surface area contributed by atoms with E-state index in [4.69, 9.17) is 5.11 Å². The van der Waals surface area contributed by atoms with Crippen LogP contribution in [0.2, 0.25) is 0 Å². The molecule has 0 radical (unpaired) electrons. The smallest absolute Gasteiger partial charge is 0.305 e. The van der Waals surface area contributed by atoms with Crippen LogP contribution < -0.4 is 0 Å². The van der Waals surface area contributed by atoms with Crippen LogP contribution in [0.1, 0.15) is 24.6 Å². The first-order valence-electron chi connectivity index (χ1n) is 5.59. The number of aryl methyl sites for hydroxylation is 1. The topological polar surface area (TPSA) is 75.4 Å². The van der Waals surface area contributed by atoms with Crippen LogP contribution >= 0.6 is 0 Å². The third-order valence-corrected chi connectivity index (χ3v) is 3.00. The van der Waals surface area contributed by atoms with E-state index in [1.165, 1.54) is 0 Å². The lowest BCUT2D eigenvalue weighted by Gasteiger charge is -2.26. The van der Waals surface area contributed by atoms with Gasteiger partial charge in [-0.1, -0.05) is 0 Å². The summed E-state index contributed by atoms with van der Waals surface area (Å²) in [5.41, 5.74) is 2.08. The van der Waals surface area contributed by atoms with Crippen molar-refractivity contribution in [3.63, 3.8) is 0 Å². The Morgan fingerprint density at radius 1 is 1.53 bits per heavy atom. The molecule has 17 heavy (non-hydrogen) atoms. The first kappa shape index (κ1) is 11.6. The van der Waals surface area contributed by atoms with Crippen LogP contribution in [0.5, 0.6) is 0 Å². The van der Waals surface area contributed by atoms with Gasteiger partial charge in [0.25, 0.3) is 0 Å². The van der Waals surface area contributed by atoms with E-state index in [2.05, 4.69) is 5.10 Å². The highest BCUT2D eigenvalue weighted by Gasteiger charge is 2.21. The summed E-state index contributed by atoms with van der Waals surface area (Å²) in [7, 11) is 0. The predicted octanol–water partition coefficient (Wildman–Crippen LogP) is 0.262. The monoisotopic (exact) mass is 237 g/mol. The van der Waals surface area contributed by atoms with E-state index < -0.39 is 5.97 Å². The van der Waals surface area contributed by atoms with Gasteiger partial charge in [-0.05, 0) is 0 Å². The third-order valence-electron chi connectivity index (χ3n) is 3.00. The predicted molar refractivity (Wildman–Crippen MR) is 59.3 cm³/mol. The van der Waals surface area contributed by atoms with Gasteiger partial charge in [0.15, 0.2) is 0 Å². The van der Waals surface area contributed by atoms with Gasteiger partial charge in [0.2, 0.25) is 5.91 Å². The number of carboxylic acid groups (broad SMARTS) is 1. The largest absolute Gasteiger partial charge is 0.481 e. The molecule has 1 aliphatic rings. The Bertz CT molecular complexity index is 439. The number of hydrogen-bond donors (Lipinski definition) is 1. The van der Waals surface area contributed by atoms with Crippen LogP contribution in [0, 0.1) is 0 Å². The Hall–Kier alpha value is -1.85.